The molecule has 1 aliphatic rings. The Kier molecular flexibility index (Phi) is 6.98. The van der Waals surface area contributed by atoms with E-state index >= 15 is 0 Å². The summed E-state index contributed by atoms with van der Waals surface area (Å²) in [6.45, 7) is 7.84. The minimum Gasteiger partial charge on any atom is -0.496 e. The number of benzene rings is 1. The van der Waals surface area contributed by atoms with Gasteiger partial charge in [-0.2, -0.15) is 0 Å². The number of nitrogens with zero attached hydrogens (tertiary/aromatic N) is 2. The van der Waals surface area contributed by atoms with Crippen LogP contribution in [0.5, 0.6) is 5.75 Å². The fourth-order valence-electron chi connectivity index (χ4n) is 3.34. The molecule has 0 amide bonds. The van der Waals surface area contributed by atoms with Gasteiger partial charge in [0.1, 0.15) is 5.75 Å². The van der Waals surface area contributed by atoms with Crippen molar-refractivity contribution in [2.75, 3.05) is 31.6 Å². The van der Waals surface area contributed by atoms with Gasteiger partial charge >= 0.3 is 0 Å². The third-order valence-corrected chi connectivity index (χ3v) is 5.82. The second-order valence-electron chi connectivity index (χ2n) is 6.86. The minimum absolute atomic E-state index is 0.464. The molecule has 0 saturated carbocycles. The number of ether oxygens (including phenoxy) is 1. The summed E-state index contributed by atoms with van der Waals surface area (Å²) in [5, 5.41) is 10.5. The Morgan fingerprint density at radius 1 is 1.30 bits per heavy atom. The average Bonchev–Trinajstić information content (AvgIpc) is 3.22. The van der Waals surface area contributed by atoms with Crippen molar-refractivity contribution in [1.29, 1.82) is 0 Å². The minimum atomic E-state index is 0.464. The summed E-state index contributed by atoms with van der Waals surface area (Å²) in [4.78, 5) is 7.26. The van der Waals surface area contributed by atoms with Gasteiger partial charge in [-0.15, -0.1) is 11.3 Å². The Balaban J connectivity index is 1.56. The highest BCUT2D eigenvalue weighted by molar-refractivity contribution is 7.14. The first-order chi connectivity index (χ1) is 13.2. The van der Waals surface area contributed by atoms with Gasteiger partial charge in [0.25, 0.3) is 0 Å². The third kappa shape index (κ3) is 5.39. The number of nitrogens with one attached hydrogen (secondary N) is 2. The van der Waals surface area contributed by atoms with Crippen LogP contribution in [0.2, 0.25) is 0 Å². The lowest BCUT2D eigenvalue weighted by Crippen LogP contribution is -2.48. The molecule has 3 rings (SSSR count). The number of aliphatic imine (C=N–C) groups is 1. The fourth-order valence-corrected chi connectivity index (χ4v) is 4.13. The molecule has 5 nitrogen and oxygen atoms in total. The number of guanidine groups is 1. The molecular formula is C21H30N4OS. The predicted octanol–water partition coefficient (Wildman–Crippen LogP) is 3.79. The van der Waals surface area contributed by atoms with E-state index in [4.69, 9.17) is 9.73 Å². The molecule has 1 aliphatic heterocycles. The van der Waals surface area contributed by atoms with E-state index in [2.05, 4.69) is 65.1 Å². The molecule has 6 heteroatoms. The maximum atomic E-state index is 5.42. The van der Waals surface area contributed by atoms with Gasteiger partial charge in [-0.05, 0) is 61.4 Å². The van der Waals surface area contributed by atoms with Crippen molar-refractivity contribution >= 4 is 22.3 Å². The zero-order chi connectivity index (χ0) is 19.1. The van der Waals surface area contributed by atoms with Gasteiger partial charge in [0.2, 0.25) is 0 Å². The molecule has 1 fully saturated rings. The maximum Gasteiger partial charge on any atom is 0.191 e. The molecule has 1 aromatic carbocycles. The van der Waals surface area contributed by atoms with Gasteiger partial charge in [0, 0.05) is 25.7 Å². The van der Waals surface area contributed by atoms with E-state index in [9.17, 15) is 0 Å². The Hall–Kier alpha value is -2.21. The van der Waals surface area contributed by atoms with Crippen LogP contribution in [0, 0.1) is 6.92 Å². The van der Waals surface area contributed by atoms with Crippen molar-refractivity contribution < 1.29 is 4.74 Å². The third-order valence-electron chi connectivity index (χ3n) is 4.89. The first-order valence-electron chi connectivity index (χ1n) is 9.66. The molecule has 2 N–H and O–H groups in total. The standard InChI is InChI=1S/C21H30N4OS/c1-4-22-21(23-15-17-8-7-16(2)19(14-17)26-3)24-18-9-11-25(12-10-18)20-6-5-13-27-20/h5-8,13-14,18H,4,9-12,15H2,1-3H3,(H2,22,23,24). The van der Waals surface area contributed by atoms with Crippen LogP contribution in [0.4, 0.5) is 5.00 Å². The van der Waals surface area contributed by atoms with Crippen LogP contribution in [0.1, 0.15) is 30.9 Å². The summed E-state index contributed by atoms with van der Waals surface area (Å²) >= 11 is 1.82. The normalized spacial score (nSPS) is 15.7. The largest absolute Gasteiger partial charge is 0.496 e. The first-order valence-corrected chi connectivity index (χ1v) is 10.5. The lowest BCUT2D eigenvalue weighted by atomic mass is 10.1. The van der Waals surface area contributed by atoms with Gasteiger partial charge in [-0.25, -0.2) is 4.99 Å². The first kappa shape index (κ1) is 19.5. The van der Waals surface area contributed by atoms with Crippen LogP contribution in [0.3, 0.4) is 0 Å². The van der Waals surface area contributed by atoms with E-state index in [0.29, 0.717) is 12.6 Å². The molecule has 0 aliphatic carbocycles. The van der Waals surface area contributed by atoms with Crippen LogP contribution in [0.25, 0.3) is 0 Å². The molecule has 0 unspecified atom stereocenters. The molecule has 0 atom stereocenters. The smallest absolute Gasteiger partial charge is 0.191 e. The van der Waals surface area contributed by atoms with Gasteiger partial charge in [-0.3, -0.25) is 0 Å². The average molecular weight is 387 g/mol. The monoisotopic (exact) mass is 386 g/mol. The van der Waals surface area contributed by atoms with E-state index in [1.807, 2.05) is 11.3 Å². The Morgan fingerprint density at radius 2 is 2.11 bits per heavy atom. The topological polar surface area (TPSA) is 48.9 Å². The van der Waals surface area contributed by atoms with Crippen molar-refractivity contribution in [3.05, 3.63) is 46.8 Å². The van der Waals surface area contributed by atoms with Crippen molar-refractivity contribution in [2.24, 2.45) is 4.99 Å². The number of thiophene rings is 1. The fraction of sp³-hybridized carbons (Fsp3) is 0.476. The highest BCUT2D eigenvalue weighted by atomic mass is 32.1. The Labute approximate surface area is 166 Å². The number of piperidine rings is 1. The van der Waals surface area contributed by atoms with Crippen LogP contribution in [-0.2, 0) is 6.54 Å². The summed E-state index contributed by atoms with van der Waals surface area (Å²) in [7, 11) is 1.71. The van der Waals surface area contributed by atoms with E-state index < -0.39 is 0 Å². The molecule has 2 aromatic rings. The number of hydrogen-bond donors (Lipinski definition) is 2. The van der Waals surface area contributed by atoms with Crippen LogP contribution >= 0.6 is 11.3 Å². The Bertz CT molecular complexity index is 737. The van der Waals surface area contributed by atoms with Gasteiger partial charge in [-0.1, -0.05) is 12.1 Å². The number of methoxy groups -OCH3 is 1. The molecule has 1 saturated heterocycles. The quantitative estimate of drug-likeness (QED) is 0.586. The second kappa shape index (κ2) is 9.65. The van der Waals surface area contributed by atoms with E-state index in [1.54, 1.807) is 7.11 Å². The highest BCUT2D eigenvalue weighted by Crippen LogP contribution is 2.25. The Morgan fingerprint density at radius 3 is 2.78 bits per heavy atom. The zero-order valence-corrected chi connectivity index (χ0v) is 17.3. The molecule has 1 aromatic heterocycles. The number of rotatable bonds is 6. The lowest BCUT2D eigenvalue weighted by Gasteiger charge is -2.33. The molecule has 27 heavy (non-hydrogen) atoms. The summed E-state index contributed by atoms with van der Waals surface area (Å²) in [5.41, 5.74) is 2.30. The number of hydrogen-bond acceptors (Lipinski definition) is 4. The van der Waals surface area contributed by atoms with Crippen LogP contribution < -0.4 is 20.3 Å². The van der Waals surface area contributed by atoms with Gasteiger partial charge in [0.05, 0.1) is 18.7 Å². The summed E-state index contributed by atoms with van der Waals surface area (Å²) < 4.78 is 5.42. The second-order valence-corrected chi connectivity index (χ2v) is 7.78. The van der Waals surface area contributed by atoms with Crippen LogP contribution in [0.15, 0.2) is 40.7 Å². The number of aryl methyl sites for hydroxylation is 1. The van der Waals surface area contributed by atoms with Crippen LogP contribution in [-0.4, -0.2) is 38.7 Å². The summed E-state index contributed by atoms with van der Waals surface area (Å²) in [6, 6.07) is 11.1. The summed E-state index contributed by atoms with van der Waals surface area (Å²) in [6.07, 6.45) is 2.25. The molecule has 146 valence electrons. The van der Waals surface area contributed by atoms with Crippen molar-refractivity contribution in [1.82, 2.24) is 10.6 Å². The van der Waals surface area contributed by atoms with Gasteiger partial charge in [0.15, 0.2) is 5.96 Å². The van der Waals surface area contributed by atoms with Crippen molar-refractivity contribution in [2.45, 2.75) is 39.3 Å². The van der Waals surface area contributed by atoms with E-state index in [0.717, 1.165) is 55.3 Å². The van der Waals surface area contributed by atoms with E-state index in [-0.39, 0.29) is 0 Å². The SMILES string of the molecule is CCNC(=NCc1ccc(C)c(OC)c1)NC1CCN(c2cccs2)CC1. The summed E-state index contributed by atoms with van der Waals surface area (Å²) in [5.74, 6) is 1.81. The van der Waals surface area contributed by atoms with Crippen molar-refractivity contribution in [3.63, 3.8) is 0 Å². The predicted molar refractivity (Wildman–Crippen MR) is 115 cm³/mol. The molecule has 0 bridgehead atoms. The van der Waals surface area contributed by atoms with Crippen molar-refractivity contribution in [3.8, 4) is 5.75 Å². The number of anilines is 1. The maximum absolute atomic E-state index is 5.42. The zero-order valence-electron chi connectivity index (χ0n) is 16.5. The molecule has 0 radical (unpaired) electrons. The molecular weight excluding hydrogens is 356 g/mol. The van der Waals surface area contributed by atoms with Gasteiger partial charge < -0.3 is 20.3 Å². The molecule has 2 heterocycles. The highest BCUT2D eigenvalue weighted by Gasteiger charge is 2.20. The lowest BCUT2D eigenvalue weighted by molar-refractivity contribution is 0.411. The van der Waals surface area contributed by atoms with E-state index in [1.165, 1.54) is 5.00 Å². The molecule has 0 spiro atoms.